The standard InChI is InChI=1S/C15H24N4/c1-11(2)10-17-15(18-16)19-8-4-5-13-9-12(3)6-7-14(13)19/h6-7,9,11H,4-5,8,10,16H2,1-3H3,(H,17,18). The molecule has 0 radical (unpaired) electrons. The lowest BCUT2D eigenvalue weighted by molar-refractivity contribution is 0.658. The number of hydrazine groups is 1. The molecule has 1 heterocycles. The molecule has 0 spiro atoms. The van der Waals surface area contributed by atoms with Gasteiger partial charge in [-0.25, -0.2) is 5.84 Å². The number of fused-ring (bicyclic) bond motifs is 1. The number of anilines is 1. The zero-order valence-corrected chi connectivity index (χ0v) is 12.1. The second-order valence-electron chi connectivity index (χ2n) is 5.59. The van der Waals surface area contributed by atoms with E-state index in [0.717, 1.165) is 31.9 Å². The second kappa shape index (κ2) is 6.06. The summed E-state index contributed by atoms with van der Waals surface area (Å²) in [6.45, 7) is 8.21. The summed E-state index contributed by atoms with van der Waals surface area (Å²) in [5, 5.41) is 0. The van der Waals surface area contributed by atoms with E-state index in [4.69, 9.17) is 5.84 Å². The van der Waals surface area contributed by atoms with Crippen molar-refractivity contribution >= 4 is 11.6 Å². The molecule has 104 valence electrons. The SMILES string of the molecule is Cc1ccc2c(c1)CCCN2C(=NCC(C)C)NN. The fraction of sp³-hybridized carbons (Fsp3) is 0.533. The number of benzene rings is 1. The Balaban J connectivity index is 2.28. The van der Waals surface area contributed by atoms with Crippen LogP contribution in [0.2, 0.25) is 0 Å². The molecule has 0 aromatic heterocycles. The average Bonchev–Trinajstić information content (AvgIpc) is 2.38. The molecule has 0 bridgehead atoms. The zero-order valence-electron chi connectivity index (χ0n) is 12.1. The van der Waals surface area contributed by atoms with Gasteiger partial charge in [0.1, 0.15) is 0 Å². The third kappa shape index (κ3) is 3.26. The number of guanidine groups is 1. The molecule has 19 heavy (non-hydrogen) atoms. The third-order valence-corrected chi connectivity index (χ3v) is 3.34. The molecule has 3 N–H and O–H groups in total. The molecule has 0 aliphatic carbocycles. The molecule has 0 atom stereocenters. The number of hydrogen-bond donors (Lipinski definition) is 2. The van der Waals surface area contributed by atoms with E-state index in [0.29, 0.717) is 5.92 Å². The van der Waals surface area contributed by atoms with Crippen molar-refractivity contribution < 1.29 is 0 Å². The van der Waals surface area contributed by atoms with Crippen molar-refractivity contribution in [3.8, 4) is 0 Å². The van der Waals surface area contributed by atoms with Crippen LogP contribution < -0.4 is 16.2 Å². The summed E-state index contributed by atoms with van der Waals surface area (Å²) in [4.78, 5) is 6.79. The van der Waals surface area contributed by atoms with Crippen LogP contribution in [-0.4, -0.2) is 19.0 Å². The van der Waals surface area contributed by atoms with E-state index < -0.39 is 0 Å². The summed E-state index contributed by atoms with van der Waals surface area (Å²) in [6, 6.07) is 6.58. The van der Waals surface area contributed by atoms with E-state index >= 15 is 0 Å². The largest absolute Gasteiger partial charge is 0.311 e. The van der Waals surface area contributed by atoms with Gasteiger partial charge in [0, 0.05) is 18.8 Å². The summed E-state index contributed by atoms with van der Waals surface area (Å²) in [6.07, 6.45) is 2.27. The maximum atomic E-state index is 5.65. The average molecular weight is 260 g/mol. The van der Waals surface area contributed by atoms with Crippen molar-refractivity contribution in [2.75, 3.05) is 18.0 Å². The Kier molecular flexibility index (Phi) is 4.43. The molecule has 0 fully saturated rings. The minimum Gasteiger partial charge on any atom is -0.311 e. The molecule has 4 nitrogen and oxygen atoms in total. The van der Waals surface area contributed by atoms with E-state index in [1.54, 1.807) is 0 Å². The predicted molar refractivity (Wildman–Crippen MR) is 81.3 cm³/mol. The van der Waals surface area contributed by atoms with Crippen LogP contribution in [0.1, 0.15) is 31.4 Å². The summed E-state index contributed by atoms with van der Waals surface area (Å²) >= 11 is 0. The van der Waals surface area contributed by atoms with Gasteiger partial charge in [-0.15, -0.1) is 0 Å². The maximum absolute atomic E-state index is 5.65. The molecule has 2 rings (SSSR count). The monoisotopic (exact) mass is 260 g/mol. The van der Waals surface area contributed by atoms with E-state index in [1.165, 1.54) is 16.8 Å². The third-order valence-electron chi connectivity index (χ3n) is 3.34. The topological polar surface area (TPSA) is 53.6 Å². The molecule has 0 saturated heterocycles. The molecule has 1 aliphatic heterocycles. The summed E-state index contributed by atoms with van der Waals surface area (Å²) in [5.41, 5.74) is 6.69. The van der Waals surface area contributed by atoms with Crippen molar-refractivity contribution in [3.63, 3.8) is 0 Å². The lowest BCUT2D eigenvalue weighted by atomic mass is 10.00. The normalized spacial score (nSPS) is 15.6. The van der Waals surface area contributed by atoms with Crippen molar-refractivity contribution in [2.24, 2.45) is 16.8 Å². The molecule has 0 unspecified atom stereocenters. The summed E-state index contributed by atoms with van der Waals surface area (Å²) in [5.74, 6) is 6.96. The highest BCUT2D eigenvalue weighted by Gasteiger charge is 2.20. The molecule has 4 heteroatoms. The van der Waals surface area contributed by atoms with Crippen LogP contribution in [-0.2, 0) is 6.42 Å². The Morgan fingerprint density at radius 1 is 1.47 bits per heavy atom. The maximum Gasteiger partial charge on any atom is 0.212 e. The Morgan fingerprint density at radius 2 is 2.26 bits per heavy atom. The van der Waals surface area contributed by atoms with Gasteiger partial charge >= 0.3 is 0 Å². The van der Waals surface area contributed by atoms with Gasteiger partial charge in [-0.2, -0.15) is 0 Å². The van der Waals surface area contributed by atoms with Crippen LogP contribution in [0.15, 0.2) is 23.2 Å². The number of nitrogens with one attached hydrogen (secondary N) is 1. The molecular formula is C15H24N4. The summed E-state index contributed by atoms with van der Waals surface area (Å²) in [7, 11) is 0. The Morgan fingerprint density at radius 3 is 2.95 bits per heavy atom. The fourth-order valence-electron chi connectivity index (χ4n) is 2.42. The minimum atomic E-state index is 0.533. The number of hydrogen-bond acceptors (Lipinski definition) is 2. The molecule has 1 aromatic rings. The second-order valence-corrected chi connectivity index (χ2v) is 5.59. The van der Waals surface area contributed by atoms with Crippen LogP contribution in [0.4, 0.5) is 5.69 Å². The Hall–Kier alpha value is -1.55. The summed E-state index contributed by atoms with van der Waals surface area (Å²) < 4.78 is 0. The lowest BCUT2D eigenvalue weighted by Crippen LogP contribution is -2.47. The Bertz CT molecular complexity index is 465. The number of aliphatic imine (C=N–C) groups is 1. The van der Waals surface area contributed by atoms with Gasteiger partial charge in [-0.1, -0.05) is 31.5 Å². The van der Waals surface area contributed by atoms with Gasteiger partial charge in [-0.05, 0) is 37.3 Å². The molecule has 0 saturated carbocycles. The van der Waals surface area contributed by atoms with Crippen LogP contribution in [0.3, 0.4) is 0 Å². The number of rotatable bonds is 2. The highest BCUT2D eigenvalue weighted by atomic mass is 15.4. The van der Waals surface area contributed by atoms with E-state index in [2.05, 4.69) is 54.3 Å². The first-order valence-corrected chi connectivity index (χ1v) is 7.00. The van der Waals surface area contributed by atoms with Crippen molar-refractivity contribution in [3.05, 3.63) is 29.3 Å². The van der Waals surface area contributed by atoms with Gasteiger partial charge in [-0.3, -0.25) is 10.4 Å². The lowest BCUT2D eigenvalue weighted by Gasteiger charge is -2.32. The van der Waals surface area contributed by atoms with Gasteiger partial charge in [0.25, 0.3) is 0 Å². The minimum absolute atomic E-state index is 0.533. The van der Waals surface area contributed by atoms with Gasteiger partial charge in [0.05, 0.1) is 0 Å². The van der Waals surface area contributed by atoms with Crippen LogP contribution >= 0.6 is 0 Å². The van der Waals surface area contributed by atoms with Gasteiger partial charge < -0.3 is 4.90 Å². The number of aryl methyl sites for hydroxylation is 2. The van der Waals surface area contributed by atoms with Gasteiger partial charge in [0.2, 0.25) is 5.96 Å². The fourth-order valence-corrected chi connectivity index (χ4v) is 2.42. The van der Waals surface area contributed by atoms with E-state index in [-0.39, 0.29) is 0 Å². The van der Waals surface area contributed by atoms with Crippen LogP contribution in [0, 0.1) is 12.8 Å². The van der Waals surface area contributed by atoms with Crippen molar-refractivity contribution in [1.29, 1.82) is 0 Å². The molecular weight excluding hydrogens is 236 g/mol. The first-order valence-electron chi connectivity index (χ1n) is 7.00. The van der Waals surface area contributed by atoms with E-state index in [9.17, 15) is 0 Å². The van der Waals surface area contributed by atoms with Crippen LogP contribution in [0.25, 0.3) is 0 Å². The highest BCUT2D eigenvalue weighted by molar-refractivity contribution is 5.96. The first-order chi connectivity index (χ1) is 9.11. The molecule has 0 amide bonds. The van der Waals surface area contributed by atoms with Crippen LogP contribution in [0.5, 0.6) is 0 Å². The van der Waals surface area contributed by atoms with Crippen molar-refractivity contribution in [1.82, 2.24) is 5.43 Å². The Labute approximate surface area is 115 Å². The number of nitrogens with zero attached hydrogens (tertiary/aromatic N) is 2. The van der Waals surface area contributed by atoms with Crippen molar-refractivity contribution in [2.45, 2.75) is 33.6 Å². The smallest absolute Gasteiger partial charge is 0.212 e. The number of nitrogens with two attached hydrogens (primary N) is 1. The predicted octanol–water partition coefficient (Wildman–Crippen LogP) is 2.22. The first kappa shape index (κ1) is 13.9. The quantitative estimate of drug-likeness (QED) is 0.371. The highest BCUT2D eigenvalue weighted by Crippen LogP contribution is 2.27. The van der Waals surface area contributed by atoms with Gasteiger partial charge in [0.15, 0.2) is 0 Å². The molecule has 1 aliphatic rings. The molecule has 1 aromatic carbocycles. The zero-order chi connectivity index (χ0) is 13.8. The van der Waals surface area contributed by atoms with E-state index in [1.807, 2.05) is 0 Å².